The van der Waals surface area contributed by atoms with Crippen LogP contribution in [0.25, 0.3) is 11.0 Å². The highest BCUT2D eigenvalue weighted by Crippen LogP contribution is 2.49. The maximum absolute atomic E-state index is 12.8. The van der Waals surface area contributed by atoms with Gasteiger partial charge in [-0.05, 0) is 62.0 Å². The largest absolute Gasteiger partial charge is 0.343 e. The number of nitrogens with zero attached hydrogens (tertiary/aromatic N) is 2. The van der Waals surface area contributed by atoms with Crippen LogP contribution in [0.2, 0.25) is 0 Å². The molecule has 1 aromatic carbocycles. The van der Waals surface area contributed by atoms with E-state index in [-0.39, 0.29) is 11.7 Å². The van der Waals surface area contributed by atoms with Crippen LogP contribution in [0.15, 0.2) is 29.1 Å². The highest BCUT2D eigenvalue weighted by Gasteiger charge is 2.40. The maximum Gasteiger partial charge on any atom is 0.326 e. The highest BCUT2D eigenvalue weighted by molar-refractivity contribution is 5.77. The number of fused-ring (bicyclic) bond motifs is 3. The van der Waals surface area contributed by atoms with Crippen molar-refractivity contribution in [3.8, 4) is 0 Å². The molecule has 1 aliphatic heterocycles. The molecule has 3 fully saturated rings. The number of imidazole rings is 1. The summed E-state index contributed by atoms with van der Waals surface area (Å²) in [5, 5.41) is 0. The molecule has 3 atom stereocenters. The SMILES string of the molecule is O=C(CC1CC2CCC1C2)N1CCC(n2c(=O)[nH]c3ccccc32)CC1. The number of piperidine rings is 1. The molecule has 1 amide bonds. The molecule has 0 spiro atoms. The van der Waals surface area contributed by atoms with Gasteiger partial charge < -0.3 is 9.88 Å². The van der Waals surface area contributed by atoms with E-state index >= 15 is 0 Å². The van der Waals surface area contributed by atoms with Crippen molar-refractivity contribution in [1.29, 1.82) is 0 Å². The first-order valence-electron chi connectivity index (χ1n) is 10.2. The van der Waals surface area contributed by atoms with Crippen molar-refractivity contribution in [1.82, 2.24) is 14.5 Å². The van der Waals surface area contributed by atoms with Crippen LogP contribution in [0.4, 0.5) is 0 Å². The average Bonchev–Trinajstić information content (AvgIpc) is 3.35. The molecule has 5 rings (SSSR count). The number of H-pyrrole nitrogens is 1. The summed E-state index contributed by atoms with van der Waals surface area (Å²) >= 11 is 0. The fraction of sp³-hybridized carbons (Fsp3) is 0.619. The molecule has 0 radical (unpaired) electrons. The van der Waals surface area contributed by atoms with E-state index in [0.717, 1.165) is 55.2 Å². The highest BCUT2D eigenvalue weighted by atomic mass is 16.2. The third-order valence-corrected chi connectivity index (χ3v) is 7.13. The molecule has 2 aromatic rings. The first-order chi connectivity index (χ1) is 12.7. The van der Waals surface area contributed by atoms with Gasteiger partial charge in [-0.1, -0.05) is 18.6 Å². The van der Waals surface area contributed by atoms with Crippen LogP contribution < -0.4 is 5.69 Å². The summed E-state index contributed by atoms with van der Waals surface area (Å²) in [4.78, 5) is 30.1. The number of benzene rings is 1. The zero-order valence-electron chi connectivity index (χ0n) is 15.2. The standard InChI is InChI=1S/C21H27N3O2/c25-20(13-16-12-14-5-6-15(16)11-14)23-9-7-17(8-10-23)24-19-4-2-1-3-18(19)22-21(24)26/h1-4,14-17H,5-13H2,(H,22,26). The normalized spacial score (nSPS) is 28.9. The van der Waals surface area contributed by atoms with Crippen LogP contribution >= 0.6 is 0 Å². The van der Waals surface area contributed by atoms with E-state index in [2.05, 4.69) is 4.98 Å². The van der Waals surface area contributed by atoms with Crippen LogP contribution in [0, 0.1) is 17.8 Å². The van der Waals surface area contributed by atoms with E-state index < -0.39 is 0 Å². The number of rotatable bonds is 3. The molecule has 2 heterocycles. The van der Waals surface area contributed by atoms with Crippen LogP contribution in [0.1, 0.15) is 51.0 Å². The number of likely N-dealkylation sites (tertiary alicyclic amines) is 1. The number of amides is 1. The summed E-state index contributed by atoms with van der Waals surface area (Å²) in [6.07, 6.45) is 7.85. The molecule has 2 bridgehead atoms. The number of hydrogen-bond donors (Lipinski definition) is 1. The molecule has 3 aliphatic rings. The van der Waals surface area contributed by atoms with E-state index in [0.29, 0.717) is 11.8 Å². The fourth-order valence-corrected chi connectivity index (χ4v) is 5.79. The van der Waals surface area contributed by atoms with Gasteiger partial charge in [0.05, 0.1) is 11.0 Å². The number of aromatic nitrogens is 2. The van der Waals surface area contributed by atoms with Gasteiger partial charge in [-0.3, -0.25) is 9.36 Å². The van der Waals surface area contributed by atoms with Crippen molar-refractivity contribution in [2.75, 3.05) is 13.1 Å². The molecule has 138 valence electrons. The van der Waals surface area contributed by atoms with Gasteiger partial charge >= 0.3 is 5.69 Å². The predicted octanol–water partition coefficient (Wildman–Crippen LogP) is 3.32. The van der Waals surface area contributed by atoms with Crippen LogP contribution in [-0.4, -0.2) is 33.4 Å². The van der Waals surface area contributed by atoms with E-state index in [4.69, 9.17) is 0 Å². The van der Waals surface area contributed by atoms with Crippen molar-refractivity contribution in [2.45, 2.75) is 51.0 Å². The lowest BCUT2D eigenvalue weighted by Gasteiger charge is -2.34. The van der Waals surface area contributed by atoms with Crippen LogP contribution in [0.5, 0.6) is 0 Å². The molecular formula is C21H27N3O2. The first kappa shape index (κ1) is 16.2. The van der Waals surface area contributed by atoms with Gasteiger partial charge in [-0.15, -0.1) is 0 Å². The summed E-state index contributed by atoms with van der Waals surface area (Å²) < 4.78 is 1.90. The lowest BCUT2D eigenvalue weighted by molar-refractivity contribution is -0.133. The monoisotopic (exact) mass is 353 g/mol. The Hall–Kier alpha value is -2.04. The molecule has 2 saturated carbocycles. The summed E-state index contributed by atoms with van der Waals surface area (Å²) in [6.45, 7) is 1.55. The van der Waals surface area contributed by atoms with Gasteiger partial charge in [0.2, 0.25) is 5.91 Å². The second kappa shape index (κ2) is 6.29. The van der Waals surface area contributed by atoms with Crippen molar-refractivity contribution in [3.05, 3.63) is 34.7 Å². The lowest BCUT2D eigenvalue weighted by Crippen LogP contribution is -2.41. The van der Waals surface area contributed by atoms with Crippen molar-refractivity contribution < 1.29 is 4.79 Å². The van der Waals surface area contributed by atoms with Gasteiger partial charge in [-0.25, -0.2) is 4.79 Å². The zero-order valence-corrected chi connectivity index (χ0v) is 15.2. The van der Waals surface area contributed by atoms with Crippen molar-refractivity contribution >= 4 is 16.9 Å². The van der Waals surface area contributed by atoms with E-state index in [1.807, 2.05) is 33.7 Å². The van der Waals surface area contributed by atoms with Gasteiger partial charge in [-0.2, -0.15) is 0 Å². The Bertz CT molecular complexity index is 875. The fourth-order valence-electron chi connectivity index (χ4n) is 5.79. The molecule has 5 nitrogen and oxygen atoms in total. The molecule has 5 heteroatoms. The van der Waals surface area contributed by atoms with Crippen molar-refractivity contribution in [3.63, 3.8) is 0 Å². The Kier molecular flexibility index (Phi) is 3.91. The minimum Gasteiger partial charge on any atom is -0.343 e. The number of para-hydroxylation sites is 2. The third kappa shape index (κ3) is 2.68. The van der Waals surface area contributed by atoms with E-state index in [1.54, 1.807) is 0 Å². The summed E-state index contributed by atoms with van der Waals surface area (Å²) in [7, 11) is 0. The Balaban J connectivity index is 1.24. The Morgan fingerprint density at radius 1 is 1.08 bits per heavy atom. The molecule has 26 heavy (non-hydrogen) atoms. The van der Waals surface area contributed by atoms with Crippen LogP contribution in [0.3, 0.4) is 0 Å². The lowest BCUT2D eigenvalue weighted by atomic mass is 9.86. The first-order valence-corrected chi connectivity index (χ1v) is 10.2. The molecular weight excluding hydrogens is 326 g/mol. The second-order valence-electron chi connectivity index (χ2n) is 8.57. The van der Waals surface area contributed by atoms with Gasteiger partial charge in [0, 0.05) is 25.6 Å². The molecule has 3 unspecified atom stereocenters. The predicted molar refractivity (Wildman–Crippen MR) is 101 cm³/mol. The Morgan fingerprint density at radius 2 is 1.88 bits per heavy atom. The molecule has 1 N–H and O–H groups in total. The number of nitrogens with one attached hydrogen (secondary N) is 1. The van der Waals surface area contributed by atoms with E-state index in [1.165, 1.54) is 25.7 Å². The quantitative estimate of drug-likeness (QED) is 0.920. The minimum atomic E-state index is -0.0297. The summed E-state index contributed by atoms with van der Waals surface area (Å²) in [5.41, 5.74) is 1.84. The summed E-state index contributed by atoms with van der Waals surface area (Å²) in [5.74, 6) is 2.69. The minimum absolute atomic E-state index is 0.0297. The smallest absolute Gasteiger partial charge is 0.326 e. The average molecular weight is 353 g/mol. The topological polar surface area (TPSA) is 58.1 Å². The maximum atomic E-state index is 12.8. The van der Waals surface area contributed by atoms with Gasteiger partial charge in [0.15, 0.2) is 0 Å². The van der Waals surface area contributed by atoms with E-state index in [9.17, 15) is 9.59 Å². The van der Waals surface area contributed by atoms with Crippen LogP contribution in [-0.2, 0) is 4.79 Å². The van der Waals surface area contributed by atoms with Gasteiger partial charge in [0.1, 0.15) is 0 Å². The second-order valence-corrected chi connectivity index (χ2v) is 8.57. The number of carbonyl (C=O) groups is 1. The zero-order chi connectivity index (χ0) is 17.7. The Morgan fingerprint density at radius 3 is 2.62 bits per heavy atom. The molecule has 2 aliphatic carbocycles. The summed E-state index contributed by atoms with van der Waals surface area (Å²) in [6, 6.07) is 8.05. The van der Waals surface area contributed by atoms with Gasteiger partial charge in [0.25, 0.3) is 0 Å². The number of aromatic amines is 1. The number of hydrogen-bond acceptors (Lipinski definition) is 2. The molecule has 1 aromatic heterocycles. The molecule has 1 saturated heterocycles. The third-order valence-electron chi connectivity index (χ3n) is 7.13. The van der Waals surface area contributed by atoms with Crippen molar-refractivity contribution in [2.24, 2.45) is 17.8 Å². The Labute approximate surface area is 153 Å². The number of carbonyl (C=O) groups excluding carboxylic acids is 1.